The molecule has 0 bridgehead atoms. The number of imidazole rings is 1. The summed E-state index contributed by atoms with van der Waals surface area (Å²) in [7, 11) is 1.93. The summed E-state index contributed by atoms with van der Waals surface area (Å²) >= 11 is 1.52. The molecular formula is C13H15F3N2OS. The number of nitrogens with zero attached hydrogens (tertiary/aromatic N) is 2. The first-order valence-electron chi connectivity index (χ1n) is 6.16. The minimum atomic E-state index is -4.25. The number of para-hydroxylation sites is 2. The van der Waals surface area contributed by atoms with E-state index in [1.165, 1.54) is 11.8 Å². The highest BCUT2D eigenvalue weighted by atomic mass is 32.2. The van der Waals surface area contributed by atoms with Crippen LogP contribution >= 0.6 is 11.8 Å². The molecule has 0 N–H and O–H groups in total. The molecule has 20 heavy (non-hydrogen) atoms. The van der Waals surface area contributed by atoms with Crippen molar-refractivity contribution in [3.05, 3.63) is 24.3 Å². The first-order valence-corrected chi connectivity index (χ1v) is 7.15. The van der Waals surface area contributed by atoms with E-state index in [2.05, 4.69) is 9.72 Å². The van der Waals surface area contributed by atoms with Gasteiger partial charge in [0.2, 0.25) is 0 Å². The monoisotopic (exact) mass is 304 g/mol. The van der Waals surface area contributed by atoms with Crippen LogP contribution in [-0.4, -0.2) is 34.7 Å². The van der Waals surface area contributed by atoms with Gasteiger partial charge in [-0.05, 0) is 18.6 Å². The minimum absolute atomic E-state index is 0.108. The van der Waals surface area contributed by atoms with Gasteiger partial charge in [0.1, 0.15) is 6.61 Å². The van der Waals surface area contributed by atoms with E-state index < -0.39 is 12.8 Å². The molecule has 0 aliphatic heterocycles. The van der Waals surface area contributed by atoms with Gasteiger partial charge in [0.25, 0.3) is 0 Å². The zero-order valence-corrected chi connectivity index (χ0v) is 11.8. The van der Waals surface area contributed by atoms with Crippen LogP contribution in [-0.2, 0) is 11.8 Å². The molecule has 1 heterocycles. The van der Waals surface area contributed by atoms with Gasteiger partial charge in [-0.25, -0.2) is 4.98 Å². The first kappa shape index (κ1) is 15.2. The summed E-state index contributed by atoms with van der Waals surface area (Å²) < 4.78 is 42.1. The Morgan fingerprint density at radius 3 is 2.75 bits per heavy atom. The summed E-state index contributed by atoms with van der Waals surface area (Å²) in [5.41, 5.74) is 1.97. The molecular weight excluding hydrogens is 289 g/mol. The average molecular weight is 304 g/mol. The predicted octanol–water partition coefficient (Wildman–Crippen LogP) is 3.63. The number of aromatic nitrogens is 2. The maximum atomic E-state index is 11.9. The van der Waals surface area contributed by atoms with Gasteiger partial charge < -0.3 is 9.30 Å². The lowest BCUT2D eigenvalue weighted by Gasteiger charge is -2.07. The number of alkyl halides is 3. The van der Waals surface area contributed by atoms with Crippen LogP contribution < -0.4 is 0 Å². The van der Waals surface area contributed by atoms with E-state index in [1.54, 1.807) is 0 Å². The Kier molecular flexibility index (Phi) is 4.93. The van der Waals surface area contributed by atoms with Crippen molar-refractivity contribution in [3.8, 4) is 0 Å². The first-order chi connectivity index (χ1) is 9.47. The van der Waals surface area contributed by atoms with Crippen LogP contribution in [0.25, 0.3) is 11.0 Å². The van der Waals surface area contributed by atoms with Crippen LogP contribution in [0.2, 0.25) is 0 Å². The predicted molar refractivity (Wildman–Crippen MR) is 72.9 cm³/mol. The molecule has 0 unspecified atom stereocenters. The van der Waals surface area contributed by atoms with Crippen molar-refractivity contribution in [1.82, 2.24) is 9.55 Å². The summed E-state index contributed by atoms with van der Waals surface area (Å²) in [5.74, 6) is 0.676. The molecule has 0 spiro atoms. The number of thioether (sulfide) groups is 1. The van der Waals surface area contributed by atoms with Gasteiger partial charge in [0.05, 0.1) is 11.0 Å². The Balaban J connectivity index is 1.77. The highest BCUT2D eigenvalue weighted by Crippen LogP contribution is 2.23. The summed E-state index contributed by atoms with van der Waals surface area (Å²) in [5, 5.41) is 0.863. The summed E-state index contributed by atoms with van der Waals surface area (Å²) in [6.45, 7) is -1.07. The van der Waals surface area contributed by atoms with Crippen molar-refractivity contribution in [2.75, 3.05) is 19.0 Å². The van der Waals surface area contributed by atoms with Crippen LogP contribution in [0, 0.1) is 0 Å². The molecule has 0 amide bonds. The molecule has 0 saturated carbocycles. The maximum absolute atomic E-state index is 11.9. The molecule has 1 aromatic heterocycles. The van der Waals surface area contributed by atoms with Crippen molar-refractivity contribution in [2.24, 2.45) is 7.05 Å². The molecule has 0 atom stereocenters. The van der Waals surface area contributed by atoms with E-state index in [0.29, 0.717) is 12.2 Å². The fraction of sp³-hybridized carbons (Fsp3) is 0.462. The fourth-order valence-electron chi connectivity index (χ4n) is 1.76. The zero-order chi connectivity index (χ0) is 14.6. The summed E-state index contributed by atoms with van der Waals surface area (Å²) in [4.78, 5) is 4.47. The molecule has 0 aliphatic carbocycles. The Hall–Kier alpha value is -1.21. The third kappa shape index (κ3) is 4.14. The second kappa shape index (κ2) is 6.49. The van der Waals surface area contributed by atoms with E-state index >= 15 is 0 Å². The minimum Gasteiger partial charge on any atom is -0.372 e. The van der Waals surface area contributed by atoms with Crippen molar-refractivity contribution >= 4 is 22.8 Å². The summed E-state index contributed by atoms with van der Waals surface area (Å²) in [6.07, 6.45) is -3.69. The second-order valence-electron chi connectivity index (χ2n) is 4.31. The standard InChI is InChI=1S/C13H15F3N2OS/c1-18-11-6-3-2-5-10(11)17-12(18)20-8-4-7-19-9-13(14,15)16/h2-3,5-6H,4,7-9H2,1H3. The van der Waals surface area contributed by atoms with Gasteiger partial charge in [-0.3, -0.25) is 0 Å². The van der Waals surface area contributed by atoms with Crippen LogP contribution in [0.5, 0.6) is 0 Å². The number of hydrogen-bond acceptors (Lipinski definition) is 3. The Morgan fingerprint density at radius 1 is 1.30 bits per heavy atom. The number of halogens is 3. The van der Waals surface area contributed by atoms with E-state index in [0.717, 1.165) is 16.2 Å². The Morgan fingerprint density at radius 2 is 2.05 bits per heavy atom. The molecule has 2 rings (SSSR count). The quantitative estimate of drug-likeness (QED) is 0.602. The lowest BCUT2D eigenvalue weighted by Crippen LogP contribution is -2.17. The molecule has 0 radical (unpaired) electrons. The molecule has 1 aromatic carbocycles. The second-order valence-corrected chi connectivity index (χ2v) is 5.37. The van der Waals surface area contributed by atoms with Crippen molar-refractivity contribution in [1.29, 1.82) is 0 Å². The van der Waals surface area contributed by atoms with Gasteiger partial charge >= 0.3 is 6.18 Å². The van der Waals surface area contributed by atoms with Gasteiger partial charge in [-0.2, -0.15) is 13.2 Å². The fourth-order valence-corrected chi connectivity index (χ4v) is 2.66. The average Bonchev–Trinajstić information content (AvgIpc) is 2.70. The topological polar surface area (TPSA) is 27.1 Å². The lowest BCUT2D eigenvalue weighted by molar-refractivity contribution is -0.173. The van der Waals surface area contributed by atoms with Gasteiger partial charge in [-0.15, -0.1) is 0 Å². The highest BCUT2D eigenvalue weighted by molar-refractivity contribution is 7.99. The normalized spacial score (nSPS) is 12.2. The van der Waals surface area contributed by atoms with Crippen LogP contribution in [0.1, 0.15) is 6.42 Å². The molecule has 0 saturated heterocycles. The van der Waals surface area contributed by atoms with Crippen molar-refractivity contribution < 1.29 is 17.9 Å². The highest BCUT2D eigenvalue weighted by Gasteiger charge is 2.27. The SMILES string of the molecule is Cn1c(SCCCOCC(F)(F)F)nc2ccccc21. The number of rotatable bonds is 6. The van der Waals surface area contributed by atoms with Crippen molar-refractivity contribution in [3.63, 3.8) is 0 Å². The molecule has 110 valence electrons. The van der Waals surface area contributed by atoms with Crippen LogP contribution in [0.15, 0.2) is 29.4 Å². The number of aryl methyl sites for hydroxylation is 1. The lowest BCUT2D eigenvalue weighted by atomic mass is 10.3. The third-order valence-corrected chi connectivity index (χ3v) is 3.79. The number of benzene rings is 1. The van der Waals surface area contributed by atoms with E-state index in [4.69, 9.17) is 0 Å². The van der Waals surface area contributed by atoms with Gasteiger partial charge in [-0.1, -0.05) is 23.9 Å². The number of hydrogen-bond donors (Lipinski definition) is 0. The van der Waals surface area contributed by atoms with Gasteiger partial charge in [0, 0.05) is 19.4 Å². The largest absolute Gasteiger partial charge is 0.411 e. The number of fused-ring (bicyclic) bond motifs is 1. The molecule has 0 aliphatic rings. The number of ether oxygens (including phenoxy) is 1. The zero-order valence-electron chi connectivity index (χ0n) is 11.0. The van der Waals surface area contributed by atoms with E-state index in [1.807, 2.05) is 35.9 Å². The van der Waals surface area contributed by atoms with Crippen molar-refractivity contribution in [2.45, 2.75) is 17.8 Å². The van der Waals surface area contributed by atoms with E-state index in [-0.39, 0.29) is 6.61 Å². The molecule has 7 heteroatoms. The smallest absolute Gasteiger partial charge is 0.372 e. The molecule has 3 nitrogen and oxygen atoms in total. The third-order valence-electron chi connectivity index (χ3n) is 2.68. The summed E-state index contributed by atoms with van der Waals surface area (Å²) in [6, 6.07) is 7.79. The van der Waals surface area contributed by atoms with Crippen LogP contribution in [0.3, 0.4) is 0 Å². The van der Waals surface area contributed by atoms with Crippen LogP contribution in [0.4, 0.5) is 13.2 Å². The Labute approximate surface area is 119 Å². The van der Waals surface area contributed by atoms with Gasteiger partial charge in [0.15, 0.2) is 5.16 Å². The maximum Gasteiger partial charge on any atom is 0.411 e. The van der Waals surface area contributed by atoms with E-state index in [9.17, 15) is 13.2 Å². The molecule has 2 aromatic rings. The Bertz CT molecular complexity index is 568. The molecule has 0 fully saturated rings.